The van der Waals surface area contributed by atoms with Gasteiger partial charge in [-0.3, -0.25) is 25.1 Å². The fourth-order valence-electron chi connectivity index (χ4n) is 4.01. The first-order valence-corrected chi connectivity index (χ1v) is 11.5. The molecule has 0 aliphatic carbocycles. The zero-order chi connectivity index (χ0) is 23.1. The summed E-state index contributed by atoms with van der Waals surface area (Å²) in [7, 11) is 0. The number of anilines is 1. The number of amides is 2. The first-order chi connectivity index (χ1) is 15.9. The average molecular weight is 469 g/mol. The number of thiazole rings is 1. The Kier molecular flexibility index (Phi) is 5.32. The summed E-state index contributed by atoms with van der Waals surface area (Å²) in [5.74, 6) is 0.609. The van der Waals surface area contributed by atoms with Gasteiger partial charge in [0, 0.05) is 24.0 Å². The number of rotatable bonds is 4. The number of carbonyl (C=O) groups is 2. The first-order valence-electron chi connectivity index (χ1n) is 10.7. The molecule has 3 aliphatic heterocycles. The van der Waals surface area contributed by atoms with E-state index in [2.05, 4.69) is 30.9 Å². The molecule has 0 aromatic carbocycles. The number of amidine groups is 1. The summed E-state index contributed by atoms with van der Waals surface area (Å²) in [6.07, 6.45) is 4.45. The minimum Gasteiger partial charge on any atom is -0.364 e. The molecular formula is C20H24N10O2S. The van der Waals surface area contributed by atoms with Crippen molar-refractivity contribution in [2.24, 2.45) is 15.7 Å². The number of hydrogen-bond donors (Lipinski definition) is 4. The molecule has 0 spiro atoms. The van der Waals surface area contributed by atoms with Gasteiger partial charge in [-0.05, 0) is 33.1 Å². The summed E-state index contributed by atoms with van der Waals surface area (Å²) < 4.78 is 0. The van der Waals surface area contributed by atoms with E-state index in [0.29, 0.717) is 35.7 Å². The van der Waals surface area contributed by atoms with Crippen molar-refractivity contribution in [3.63, 3.8) is 0 Å². The fraction of sp³-hybridized carbons (Fsp3) is 0.400. The van der Waals surface area contributed by atoms with Crippen LogP contribution in [0, 0.1) is 13.8 Å². The number of aromatic amines is 1. The summed E-state index contributed by atoms with van der Waals surface area (Å²) >= 11 is 1.47. The third-order valence-electron chi connectivity index (χ3n) is 5.79. The Morgan fingerprint density at radius 3 is 2.91 bits per heavy atom. The number of hydrazine groups is 1. The maximum absolute atomic E-state index is 13.1. The number of guanidine groups is 1. The molecule has 33 heavy (non-hydrogen) atoms. The molecule has 172 valence electrons. The molecule has 2 aromatic rings. The number of primary amides is 1. The van der Waals surface area contributed by atoms with E-state index in [9.17, 15) is 9.59 Å². The van der Waals surface area contributed by atoms with Crippen molar-refractivity contribution in [1.29, 1.82) is 0 Å². The van der Waals surface area contributed by atoms with Gasteiger partial charge < -0.3 is 16.0 Å². The van der Waals surface area contributed by atoms with Crippen LogP contribution >= 0.6 is 11.3 Å². The summed E-state index contributed by atoms with van der Waals surface area (Å²) in [6, 6.07) is 1.11. The van der Waals surface area contributed by atoms with E-state index in [4.69, 9.17) is 10.7 Å². The molecule has 0 unspecified atom stereocenters. The molecule has 0 bridgehead atoms. The highest BCUT2D eigenvalue weighted by Crippen LogP contribution is 2.27. The molecule has 2 amide bonds. The Morgan fingerprint density at radius 2 is 2.18 bits per heavy atom. The predicted octanol–water partition coefficient (Wildman–Crippen LogP) is 1.18. The number of nitrogens with one attached hydrogen (secondary N) is 3. The monoisotopic (exact) mass is 468 g/mol. The Bertz CT molecular complexity index is 1190. The van der Waals surface area contributed by atoms with Gasteiger partial charge in [0.15, 0.2) is 16.8 Å². The number of H-pyrrole nitrogens is 1. The molecular weight excluding hydrogens is 444 g/mol. The lowest BCUT2D eigenvalue weighted by molar-refractivity contribution is -0.119. The summed E-state index contributed by atoms with van der Waals surface area (Å²) in [4.78, 5) is 41.2. The molecule has 1 saturated heterocycles. The molecule has 5 rings (SSSR count). The molecule has 12 nitrogen and oxygen atoms in total. The maximum Gasteiger partial charge on any atom is 0.266 e. The summed E-state index contributed by atoms with van der Waals surface area (Å²) in [5.41, 5.74) is 10.5. The van der Waals surface area contributed by atoms with E-state index in [1.54, 1.807) is 0 Å². The number of carbonyl (C=O) groups excluding carboxylic acids is 2. The van der Waals surface area contributed by atoms with Crippen LogP contribution in [0.15, 0.2) is 27.8 Å². The molecule has 0 radical (unpaired) electrons. The standard InChI is InChI=1S/C20H24N10O2S/c1-10-11(2)33-20(22-10)25-18(32)14-6-3-7-29(14)19-24-17(13-5-4-8-30(13)28-19)23-15-9-12(16(21)31)26-27-15/h5,9,14H,3-4,6-8H2,1-2H3,(H2,21,31)(H,22,25,32)(H2,23,24,26,27,28)/t14-/m0/s1. The largest absolute Gasteiger partial charge is 0.364 e. The third kappa shape index (κ3) is 4.06. The van der Waals surface area contributed by atoms with Gasteiger partial charge >= 0.3 is 0 Å². The van der Waals surface area contributed by atoms with E-state index in [1.165, 1.54) is 17.4 Å². The molecule has 0 saturated carbocycles. The van der Waals surface area contributed by atoms with Crippen LogP contribution in [0.25, 0.3) is 0 Å². The fourth-order valence-corrected chi connectivity index (χ4v) is 4.83. The second-order valence-electron chi connectivity index (χ2n) is 8.02. The lowest BCUT2D eigenvalue weighted by atomic mass is 10.2. The molecule has 13 heteroatoms. The second kappa shape index (κ2) is 8.31. The van der Waals surface area contributed by atoms with Crippen LogP contribution in [-0.2, 0) is 4.79 Å². The van der Waals surface area contributed by atoms with E-state index >= 15 is 0 Å². The lowest BCUT2D eigenvalue weighted by Gasteiger charge is -2.35. The number of fused-ring (bicyclic) bond motifs is 1. The van der Waals surface area contributed by atoms with Gasteiger partial charge in [0.2, 0.25) is 11.9 Å². The lowest BCUT2D eigenvalue weighted by Crippen LogP contribution is -2.56. The van der Waals surface area contributed by atoms with Gasteiger partial charge in [0.05, 0.1) is 11.4 Å². The Balaban J connectivity index is 1.41. The third-order valence-corrected chi connectivity index (χ3v) is 6.78. The molecule has 5 N–H and O–H groups in total. The van der Waals surface area contributed by atoms with Crippen LogP contribution in [0.4, 0.5) is 10.9 Å². The van der Waals surface area contributed by atoms with Gasteiger partial charge in [-0.25, -0.2) is 9.98 Å². The number of aryl methyl sites for hydroxylation is 2. The number of hydrogen-bond acceptors (Lipinski definition) is 9. The van der Waals surface area contributed by atoms with Crippen molar-refractivity contribution in [3.8, 4) is 0 Å². The molecule has 1 atom stereocenters. The van der Waals surface area contributed by atoms with E-state index in [0.717, 1.165) is 35.7 Å². The minimum absolute atomic E-state index is 0.106. The van der Waals surface area contributed by atoms with Gasteiger partial charge in [-0.15, -0.1) is 11.3 Å². The highest BCUT2D eigenvalue weighted by Gasteiger charge is 2.37. The number of aliphatic imine (C=N–C) groups is 2. The van der Waals surface area contributed by atoms with Crippen LogP contribution in [0.2, 0.25) is 0 Å². The first kappa shape index (κ1) is 21.1. The van der Waals surface area contributed by atoms with Crippen molar-refractivity contribution in [2.75, 3.05) is 18.4 Å². The topological polar surface area (TPSA) is 157 Å². The minimum atomic E-state index is -0.610. The molecule has 1 fully saturated rings. The van der Waals surface area contributed by atoms with Gasteiger partial charge in [-0.2, -0.15) is 10.1 Å². The van der Waals surface area contributed by atoms with Crippen LogP contribution in [-0.4, -0.2) is 67.8 Å². The van der Waals surface area contributed by atoms with E-state index in [-0.39, 0.29) is 17.6 Å². The van der Waals surface area contributed by atoms with Crippen LogP contribution in [0.1, 0.15) is 40.3 Å². The SMILES string of the molecule is Cc1nc(NC(=O)[C@@H]2CCCN2C2=NC(=Nc3cc(C(N)=O)[nH]n3)C3=CCCN3N2)sc1C. The molecule has 2 aromatic heterocycles. The second-order valence-corrected chi connectivity index (χ2v) is 9.22. The quantitative estimate of drug-likeness (QED) is 0.525. The van der Waals surface area contributed by atoms with E-state index < -0.39 is 5.91 Å². The number of aromatic nitrogens is 3. The van der Waals surface area contributed by atoms with Crippen LogP contribution in [0.3, 0.4) is 0 Å². The van der Waals surface area contributed by atoms with Crippen molar-refractivity contribution in [2.45, 2.75) is 39.2 Å². The van der Waals surface area contributed by atoms with E-state index in [1.807, 2.05) is 29.8 Å². The van der Waals surface area contributed by atoms with Gasteiger partial charge in [0.25, 0.3) is 5.91 Å². The van der Waals surface area contributed by atoms with Gasteiger partial charge in [0.1, 0.15) is 11.7 Å². The normalized spacial score (nSPS) is 21.0. The zero-order valence-corrected chi connectivity index (χ0v) is 19.1. The maximum atomic E-state index is 13.1. The Labute approximate surface area is 193 Å². The van der Waals surface area contributed by atoms with Crippen molar-refractivity contribution >= 4 is 45.9 Å². The van der Waals surface area contributed by atoms with Crippen molar-refractivity contribution in [1.82, 2.24) is 30.5 Å². The van der Waals surface area contributed by atoms with Crippen LogP contribution < -0.4 is 16.5 Å². The number of likely N-dealkylation sites (tertiary alicyclic amines) is 1. The average Bonchev–Trinajstić information content (AvgIpc) is 3.55. The van der Waals surface area contributed by atoms with Crippen molar-refractivity contribution < 1.29 is 9.59 Å². The Hall–Kier alpha value is -3.74. The smallest absolute Gasteiger partial charge is 0.266 e. The van der Waals surface area contributed by atoms with Gasteiger partial charge in [-0.1, -0.05) is 6.08 Å². The highest BCUT2D eigenvalue weighted by molar-refractivity contribution is 7.15. The summed E-state index contributed by atoms with van der Waals surface area (Å²) in [6.45, 7) is 5.36. The summed E-state index contributed by atoms with van der Waals surface area (Å²) in [5, 5.41) is 12.1. The molecule has 5 heterocycles. The Morgan fingerprint density at radius 1 is 1.33 bits per heavy atom. The highest BCUT2D eigenvalue weighted by atomic mass is 32.1. The van der Waals surface area contributed by atoms with Crippen LogP contribution in [0.5, 0.6) is 0 Å². The predicted molar refractivity (Wildman–Crippen MR) is 124 cm³/mol. The zero-order valence-electron chi connectivity index (χ0n) is 18.3. The number of nitrogens with two attached hydrogens (primary N) is 1. The molecule has 3 aliphatic rings. The number of nitrogens with zero attached hydrogens (tertiary/aromatic N) is 6. The van der Waals surface area contributed by atoms with Crippen molar-refractivity contribution in [3.05, 3.63) is 34.1 Å².